The molecule has 104 valence electrons. The van der Waals surface area contributed by atoms with Crippen molar-refractivity contribution in [3.8, 4) is 0 Å². The average molecular weight is 283 g/mol. The third-order valence-electron chi connectivity index (χ3n) is 2.42. The largest absolute Gasteiger partial charge is 0.409 e. The first-order valence-corrected chi connectivity index (χ1v) is 7.43. The molecule has 1 rings (SSSR count). The van der Waals surface area contributed by atoms with Gasteiger partial charge >= 0.3 is 0 Å². The Morgan fingerprint density at radius 2 is 2.16 bits per heavy atom. The molecule has 0 spiro atoms. The number of hydrogen-bond acceptors (Lipinski definition) is 4. The number of amidine groups is 1. The lowest BCUT2D eigenvalue weighted by atomic mass is 10.1. The smallest absolute Gasteiger partial charge is 0.251 e. The lowest BCUT2D eigenvalue weighted by molar-refractivity contribution is 0.0953. The number of nitrogens with zero attached hydrogens (tertiary/aromatic N) is 1. The molecule has 0 saturated carbocycles. The van der Waals surface area contributed by atoms with Gasteiger partial charge in [0.05, 0.1) is 0 Å². The van der Waals surface area contributed by atoms with Crippen LogP contribution in [-0.2, 0) is 10.8 Å². The number of oxime groups is 1. The molecule has 1 aromatic carbocycles. The van der Waals surface area contributed by atoms with Crippen molar-refractivity contribution < 1.29 is 14.2 Å². The molecule has 0 fully saturated rings. The quantitative estimate of drug-likeness (QED) is 0.229. The molecule has 1 aromatic rings. The summed E-state index contributed by atoms with van der Waals surface area (Å²) in [6, 6.07) is 6.49. The van der Waals surface area contributed by atoms with Crippen molar-refractivity contribution in [2.45, 2.75) is 6.42 Å². The van der Waals surface area contributed by atoms with E-state index < -0.39 is 10.8 Å². The van der Waals surface area contributed by atoms with Crippen molar-refractivity contribution in [1.82, 2.24) is 5.32 Å². The van der Waals surface area contributed by atoms with E-state index in [0.717, 1.165) is 0 Å². The highest BCUT2D eigenvalue weighted by atomic mass is 32.2. The van der Waals surface area contributed by atoms with Crippen LogP contribution >= 0.6 is 0 Å². The zero-order chi connectivity index (χ0) is 14.3. The van der Waals surface area contributed by atoms with Crippen LogP contribution in [0, 0.1) is 0 Å². The van der Waals surface area contributed by atoms with Crippen LogP contribution in [0.25, 0.3) is 0 Å². The fraction of sp³-hybridized carbons (Fsp3) is 0.333. The molecule has 1 amide bonds. The number of carbonyl (C=O) groups excluding carboxylic acids is 1. The molecule has 1 unspecified atom stereocenters. The van der Waals surface area contributed by atoms with Crippen molar-refractivity contribution in [3.05, 3.63) is 35.4 Å². The molecule has 0 heterocycles. The highest BCUT2D eigenvalue weighted by Gasteiger charge is 2.07. The fourth-order valence-corrected chi connectivity index (χ4v) is 2.01. The summed E-state index contributed by atoms with van der Waals surface area (Å²) in [6.45, 7) is 0.464. The third-order valence-corrected chi connectivity index (χ3v) is 3.29. The zero-order valence-electron chi connectivity index (χ0n) is 10.6. The summed E-state index contributed by atoms with van der Waals surface area (Å²) in [5, 5.41) is 14.2. The SMILES string of the molecule is CS(=O)CCCNC(=O)c1cccc(/C(N)=N/O)c1. The second-order valence-electron chi connectivity index (χ2n) is 3.95. The Bertz CT molecular complexity index is 503. The number of benzene rings is 1. The van der Waals surface area contributed by atoms with Crippen LogP contribution in [0.3, 0.4) is 0 Å². The number of amides is 1. The molecule has 0 aliphatic heterocycles. The minimum absolute atomic E-state index is 0.0453. The van der Waals surface area contributed by atoms with E-state index in [1.54, 1.807) is 30.5 Å². The highest BCUT2D eigenvalue weighted by Crippen LogP contribution is 2.05. The maximum Gasteiger partial charge on any atom is 0.251 e. The third kappa shape index (κ3) is 5.09. The van der Waals surface area contributed by atoms with Crippen LogP contribution in [0.1, 0.15) is 22.3 Å². The Morgan fingerprint density at radius 1 is 1.47 bits per heavy atom. The summed E-state index contributed by atoms with van der Waals surface area (Å²) in [5.74, 6) is 0.273. The van der Waals surface area contributed by atoms with Gasteiger partial charge in [0.2, 0.25) is 0 Å². The fourth-order valence-electron chi connectivity index (χ4n) is 1.46. The molecular weight excluding hydrogens is 266 g/mol. The molecule has 6 nitrogen and oxygen atoms in total. The first-order valence-electron chi connectivity index (χ1n) is 5.70. The lowest BCUT2D eigenvalue weighted by Crippen LogP contribution is -2.25. The molecule has 0 aromatic heterocycles. The summed E-state index contributed by atoms with van der Waals surface area (Å²) in [5.41, 5.74) is 6.36. The van der Waals surface area contributed by atoms with Crippen LogP contribution in [0.2, 0.25) is 0 Å². The summed E-state index contributed by atoms with van der Waals surface area (Å²) < 4.78 is 10.9. The zero-order valence-corrected chi connectivity index (χ0v) is 11.4. The number of nitrogens with two attached hydrogens (primary N) is 1. The van der Waals surface area contributed by atoms with E-state index in [1.165, 1.54) is 0 Å². The Kier molecular flexibility index (Phi) is 6.01. The molecule has 0 bridgehead atoms. The van der Waals surface area contributed by atoms with E-state index in [2.05, 4.69) is 10.5 Å². The molecule has 0 radical (unpaired) electrons. The van der Waals surface area contributed by atoms with Crippen LogP contribution in [-0.4, -0.2) is 39.7 Å². The van der Waals surface area contributed by atoms with Crippen LogP contribution in [0.15, 0.2) is 29.4 Å². The first kappa shape index (κ1) is 15.2. The van der Waals surface area contributed by atoms with E-state index in [1.807, 2.05) is 0 Å². The van der Waals surface area contributed by atoms with Gasteiger partial charge in [-0.15, -0.1) is 0 Å². The van der Waals surface area contributed by atoms with Gasteiger partial charge in [0.1, 0.15) is 0 Å². The Labute approximate surface area is 114 Å². The Balaban J connectivity index is 2.60. The highest BCUT2D eigenvalue weighted by molar-refractivity contribution is 7.84. The predicted molar refractivity (Wildman–Crippen MR) is 74.8 cm³/mol. The molecule has 0 aliphatic carbocycles. The second-order valence-corrected chi connectivity index (χ2v) is 5.51. The van der Waals surface area contributed by atoms with E-state index in [4.69, 9.17) is 10.9 Å². The molecule has 1 atom stereocenters. The van der Waals surface area contributed by atoms with Gasteiger partial charge in [-0.05, 0) is 18.6 Å². The summed E-state index contributed by atoms with van der Waals surface area (Å²) in [7, 11) is -0.847. The topological polar surface area (TPSA) is 105 Å². The van der Waals surface area contributed by atoms with Crippen LogP contribution in [0.4, 0.5) is 0 Å². The normalized spacial score (nSPS) is 13.0. The molecule has 0 saturated heterocycles. The maximum absolute atomic E-state index is 11.8. The minimum atomic E-state index is -0.847. The predicted octanol–water partition coefficient (Wildman–Crippen LogP) is 0.280. The van der Waals surface area contributed by atoms with Crippen molar-refractivity contribution in [1.29, 1.82) is 0 Å². The van der Waals surface area contributed by atoms with Crippen molar-refractivity contribution in [3.63, 3.8) is 0 Å². The van der Waals surface area contributed by atoms with E-state index in [-0.39, 0.29) is 11.7 Å². The maximum atomic E-state index is 11.8. The van der Waals surface area contributed by atoms with Gasteiger partial charge in [0.25, 0.3) is 5.91 Å². The van der Waals surface area contributed by atoms with Gasteiger partial charge in [0.15, 0.2) is 5.84 Å². The molecule has 4 N–H and O–H groups in total. The van der Waals surface area contributed by atoms with Crippen molar-refractivity contribution in [2.75, 3.05) is 18.6 Å². The lowest BCUT2D eigenvalue weighted by Gasteiger charge is -2.06. The molecule has 7 heteroatoms. The van der Waals surface area contributed by atoms with Gasteiger partial charge in [-0.25, -0.2) is 0 Å². The van der Waals surface area contributed by atoms with Crippen LogP contribution < -0.4 is 11.1 Å². The van der Waals surface area contributed by atoms with E-state index in [9.17, 15) is 9.00 Å². The number of hydrogen-bond donors (Lipinski definition) is 3. The summed E-state index contributed by atoms with van der Waals surface area (Å²) in [6.07, 6.45) is 2.29. The minimum Gasteiger partial charge on any atom is -0.409 e. The van der Waals surface area contributed by atoms with Gasteiger partial charge in [0, 0.05) is 40.5 Å². The number of carbonyl (C=O) groups is 1. The number of nitrogens with one attached hydrogen (secondary N) is 1. The second kappa shape index (κ2) is 7.52. The summed E-state index contributed by atoms with van der Waals surface area (Å²) >= 11 is 0. The average Bonchev–Trinajstić information content (AvgIpc) is 2.42. The molecular formula is C12H17N3O3S. The van der Waals surface area contributed by atoms with Crippen molar-refractivity contribution >= 4 is 22.5 Å². The number of rotatable bonds is 6. The van der Waals surface area contributed by atoms with Gasteiger partial charge in [-0.3, -0.25) is 9.00 Å². The Morgan fingerprint density at radius 3 is 2.79 bits per heavy atom. The van der Waals surface area contributed by atoms with Crippen LogP contribution in [0.5, 0.6) is 0 Å². The standard InChI is InChI=1S/C12H17N3O3S/c1-19(18)7-3-6-14-12(16)10-5-2-4-9(8-10)11(13)15-17/h2,4-5,8,17H,3,6-7H2,1H3,(H2,13,15)(H,14,16). The summed E-state index contributed by atoms with van der Waals surface area (Å²) in [4.78, 5) is 11.8. The first-order chi connectivity index (χ1) is 9.04. The monoisotopic (exact) mass is 283 g/mol. The van der Waals surface area contributed by atoms with Crippen molar-refractivity contribution in [2.24, 2.45) is 10.9 Å². The Hall–Kier alpha value is -1.89. The van der Waals surface area contributed by atoms with Gasteiger partial charge in [-0.1, -0.05) is 17.3 Å². The van der Waals surface area contributed by atoms with Gasteiger partial charge in [-0.2, -0.15) is 0 Å². The van der Waals surface area contributed by atoms with E-state index in [0.29, 0.717) is 29.8 Å². The van der Waals surface area contributed by atoms with Gasteiger partial charge < -0.3 is 16.3 Å². The van der Waals surface area contributed by atoms with E-state index >= 15 is 0 Å². The molecule has 0 aliphatic rings. The molecule has 19 heavy (non-hydrogen) atoms.